The summed E-state index contributed by atoms with van der Waals surface area (Å²) >= 11 is 0. The number of dihydropyridines is 1. The van der Waals surface area contributed by atoms with Gasteiger partial charge in [0.05, 0.1) is 17.1 Å². The van der Waals surface area contributed by atoms with Crippen LogP contribution in [0.4, 0.5) is 0 Å². The first-order valence-corrected chi connectivity index (χ1v) is 8.34. The fourth-order valence-electron chi connectivity index (χ4n) is 2.60. The van der Waals surface area contributed by atoms with Gasteiger partial charge in [-0.1, -0.05) is 0 Å². The van der Waals surface area contributed by atoms with Crippen molar-refractivity contribution in [3.63, 3.8) is 0 Å². The quantitative estimate of drug-likeness (QED) is 0.757. The lowest BCUT2D eigenvalue weighted by Crippen LogP contribution is -2.38. The van der Waals surface area contributed by atoms with Crippen LogP contribution in [-0.4, -0.2) is 45.0 Å². The highest BCUT2D eigenvalue weighted by Crippen LogP contribution is 2.24. The number of nitrogens with one attached hydrogen (secondary N) is 1. The van der Waals surface area contributed by atoms with E-state index < -0.39 is 9.84 Å². The van der Waals surface area contributed by atoms with Crippen LogP contribution >= 0.6 is 0 Å². The third kappa shape index (κ3) is 3.41. The molecule has 0 saturated carbocycles. The molecule has 0 aromatic carbocycles. The van der Waals surface area contributed by atoms with E-state index in [-0.39, 0.29) is 0 Å². The summed E-state index contributed by atoms with van der Waals surface area (Å²) in [5.74, 6) is 0.607. The number of piperidine rings is 1. The zero-order valence-electron chi connectivity index (χ0n) is 10.7. The summed E-state index contributed by atoms with van der Waals surface area (Å²) in [6.07, 6.45) is 7.08. The van der Waals surface area contributed by atoms with Crippen molar-refractivity contribution in [3.05, 3.63) is 23.7 Å². The Morgan fingerprint density at radius 2 is 2.11 bits per heavy atom. The zero-order valence-corrected chi connectivity index (χ0v) is 11.5. The van der Waals surface area contributed by atoms with E-state index in [4.69, 9.17) is 5.73 Å². The lowest BCUT2D eigenvalue weighted by molar-refractivity contribution is 0.240. The van der Waals surface area contributed by atoms with Crippen LogP contribution in [0.15, 0.2) is 23.7 Å². The Kier molecular flexibility index (Phi) is 3.85. The Balaban J connectivity index is 1.91. The molecule has 3 N–H and O–H groups in total. The van der Waals surface area contributed by atoms with Crippen molar-refractivity contribution >= 4 is 9.84 Å². The van der Waals surface area contributed by atoms with Gasteiger partial charge in [0.1, 0.15) is 9.84 Å². The number of rotatable bonds is 3. The molecule has 2 aliphatic rings. The Bertz CT molecular complexity index is 460. The Labute approximate surface area is 109 Å². The SMILES string of the molecule is CS(=O)(=O)CC1CCN(C2=CCNC=C2N)CC1. The van der Waals surface area contributed by atoms with Gasteiger partial charge >= 0.3 is 0 Å². The van der Waals surface area contributed by atoms with Crippen molar-refractivity contribution < 1.29 is 8.42 Å². The molecule has 18 heavy (non-hydrogen) atoms. The molecular weight excluding hydrogens is 250 g/mol. The fraction of sp³-hybridized carbons (Fsp3) is 0.667. The standard InChI is InChI=1S/C12H21N3O2S/c1-18(16,17)9-10-3-6-15(7-4-10)12-2-5-14-8-11(12)13/h2,8,10,14H,3-7,9,13H2,1H3. The van der Waals surface area contributed by atoms with Gasteiger partial charge in [0, 0.05) is 32.1 Å². The first-order valence-electron chi connectivity index (χ1n) is 6.28. The molecule has 6 heteroatoms. The highest BCUT2D eigenvalue weighted by atomic mass is 32.2. The van der Waals surface area contributed by atoms with Gasteiger partial charge in [0.15, 0.2) is 0 Å². The minimum atomic E-state index is -2.86. The van der Waals surface area contributed by atoms with Gasteiger partial charge in [-0.2, -0.15) is 0 Å². The minimum Gasteiger partial charge on any atom is -0.396 e. The molecule has 2 rings (SSSR count). The van der Waals surface area contributed by atoms with Crippen molar-refractivity contribution in [3.8, 4) is 0 Å². The van der Waals surface area contributed by atoms with E-state index >= 15 is 0 Å². The van der Waals surface area contributed by atoms with Crippen molar-refractivity contribution in [2.45, 2.75) is 12.8 Å². The molecule has 1 saturated heterocycles. The summed E-state index contributed by atoms with van der Waals surface area (Å²) in [5.41, 5.74) is 7.79. The lowest BCUT2D eigenvalue weighted by atomic mass is 9.98. The van der Waals surface area contributed by atoms with Crippen LogP contribution in [0.3, 0.4) is 0 Å². The number of likely N-dealkylation sites (tertiary alicyclic amines) is 1. The molecule has 0 atom stereocenters. The summed E-state index contributed by atoms with van der Waals surface area (Å²) in [7, 11) is -2.86. The van der Waals surface area contributed by atoms with Crippen LogP contribution < -0.4 is 11.1 Å². The Morgan fingerprint density at radius 1 is 1.44 bits per heavy atom. The van der Waals surface area contributed by atoms with Crippen LogP contribution in [0, 0.1) is 5.92 Å². The molecule has 0 unspecified atom stereocenters. The molecule has 5 nitrogen and oxygen atoms in total. The van der Waals surface area contributed by atoms with Gasteiger partial charge in [-0.3, -0.25) is 0 Å². The Morgan fingerprint density at radius 3 is 2.67 bits per heavy atom. The minimum absolute atomic E-state index is 0.295. The number of hydrogen-bond acceptors (Lipinski definition) is 5. The summed E-state index contributed by atoms with van der Waals surface area (Å²) < 4.78 is 22.5. The average molecular weight is 271 g/mol. The maximum atomic E-state index is 11.3. The molecule has 1 fully saturated rings. The van der Waals surface area contributed by atoms with E-state index in [1.807, 2.05) is 6.20 Å². The average Bonchev–Trinajstić information content (AvgIpc) is 2.29. The van der Waals surface area contributed by atoms with Crippen LogP contribution in [0.25, 0.3) is 0 Å². The van der Waals surface area contributed by atoms with Crippen molar-refractivity contribution in [2.75, 3.05) is 31.6 Å². The molecule has 2 heterocycles. The summed E-state index contributed by atoms with van der Waals surface area (Å²) in [6, 6.07) is 0. The van der Waals surface area contributed by atoms with E-state index in [0.717, 1.165) is 43.9 Å². The van der Waals surface area contributed by atoms with Crippen LogP contribution in [-0.2, 0) is 9.84 Å². The highest BCUT2D eigenvalue weighted by Gasteiger charge is 2.24. The first kappa shape index (κ1) is 13.3. The van der Waals surface area contributed by atoms with Gasteiger partial charge < -0.3 is 16.0 Å². The smallest absolute Gasteiger partial charge is 0.147 e. The van der Waals surface area contributed by atoms with E-state index in [2.05, 4.69) is 16.3 Å². The maximum Gasteiger partial charge on any atom is 0.147 e. The second-order valence-corrected chi connectivity index (χ2v) is 7.30. The molecule has 0 aromatic rings. The number of nitrogens with two attached hydrogens (primary N) is 1. The second-order valence-electron chi connectivity index (χ2n) is 5.12. The largest absolute Gasteiger partial charge is 0.396 e. The van der Waals surface area contributed by atoms with E-state index in [9.17, 15) is 8.42 Å². The molecular formula is C12H21N3O2S. The maximum absolute atomic E-state index is 11.3. The third-order valence-corrected chi connectivity index (χ3v) is 4.54. The predicted octanol–water partition coefficient (Wildman–Crippen LogP) is 0.0302. The molecule has 0 radical (unpaired) electrons. The number of nitrogens with zero attached hydrogens (tertiary/aromatic N) is 1. The van der Waals surface area contributed by atoms with Crippen LogP contribution in [0.5, 0.6) is 0 Å². The molecule has 0 bridgehead atoms. The van der Waals surface area contributed by atoms with Crippen LogP contribution in [0.1, 0.15) is 12.8 Å². The van der Waals surface area contributed by atoms with Crippen molar-refractivity contribution in [2.24, 2.45) is 11.7 Å². The topological polar surface area (TPSA) is 75.4 Å². The summed E-state index contributed by atoms with van der Waals surface area (Å²) in [6.45, 7) is 2.58. The van der Waals surface area contributed by atoms with E-state index in [0.29, 0.717) is 11.7 Å². The number of sulfone groups is 1. The normalized spacial score (nSPS) is 22.2. The third-order valence-electron chi connectivity index (χ3n) is 3.46. The Hall–Kier alpha value is -1.17. The fourth-order valence-corrected chi connectivity index (χ4v) is 3.79. The molecule has 0 amide bonds. The first-order chi connectivity index (χ1) is 8.46. The molecule has 2 aliphatic heterocycles. The summed E-state index contributed by atoms with van der Waals surface area (Å²) in [5, 5.41) is 3.07. The number of hydrogen-bond donors (Lipinski definition) is 2. The van der Waals surface area contributed by atoms with Crippen LogP contribution in [0.2, 0.25) is 0 Å². The molecule has 0 spiro atoms. The second kappa shape index (κ2) is 5.22. The van der Waals surface area contributed by atoms with E-state index in [1.165, 1.54) is 6.26 Å². The van der Waals surface area contributed by atoms with Gasteiger partial charge in [0.2, 0.25) is 0 Å². The monoisotopic (exact) mass is 271 g/mol. The van der Waals surface area contributed by atoms with Gasteiger partial charge in [-0.05, 0) is 24.8 Å². The predicted molar refractivity (Wildman–Crippen MR) is 72.4 cm³/mol. The van der Waals surface area contributed by atoms with Gasteiger partial charge in [-0.15, -0.1) is 0 Å². The summed E-state index contributed by atoms with van der Waals surface area (Å²) in [4.78, 5) is 2.26. The van der Waals surface area contributed by atoms with Gasteiger partial charge in [-0.25, -0.2) is 8.42 Å². The highest BCUT2D eigenvalue weighted by molar-refractivity contribution is 7.90. The molecule has 102 valence electrons. The van der Waals surface area contributed by atoms with E-state index in [1.54, 1.807) is 0 Å². The van der Waals surface area contributed by atoms with Gasteiger partial charge in [0.25, 0.3) is 0 Å². The molecule has 0 aliphatic carbocycles. The zero-order chi connectivity index (χ0) is 13.2. The lowest BCUT2D eigenvalue weighted by Gasteiger charge is -2.35. The molecule has 0 aromatic heterocycles. The van der Waals surface area contributed by atoms with Crippen molar-refractivity contribution in [1.29, 1.82) is 0 Å². The van der Waals surface area contributed by atoms with Crippen molar-refractivity contribution in [1.82, 2.24) is 10.2 Å².